The zero-order chi connectivity index (χ0) is 22.2. The van der Waals surface area contributed by atoms with Gasteiger partial charge in [-0.1, -0.05) is 41.9 Å². The fourth-order valence-corrected chi connectivity index (χ4v) is 3.66. The summed E-state index contributed by atoms with van der Waals surface area (Å²) in [6.45, 7) is 0. The van der Waals surface area contributed by atoms with E-state index in [0.717, 1.165) is 16.7 Å². The number of aliphatic carboxylic acids is 1. The highest BCUT2D eigenvalue weighted by atomic mass is 35.5. The van der Waals surface area contributed by atoms with Gasteiger partial charge in [0.2, 0.25) is 0 Å². The van der Waals surface area contributed by atoms with Gasteiger partial charge in [0.15, 0.2) is 6.10 Å². The lowest BCUT2D eigenvalue weighted by Gasteiger charge is -2.23. The van der Waals surface area contributed by atoms with Crippen molar-refractivity contribution >= 4 is 23.1 Å². The molecule has 0 aliphatic rings. The number of allylic oxidation sites excluding steroid dienone is 2. The van der Waals surface area contributed by atoms with Crippen molar-refractivity contribution in [3.63, 3.8) is 0 Å². The zero-order valence-electron chi connectivity index (χ0n) is 16.7. The third kappa shape index (κ3) is 6.24. The third-order valence-electron chi connectivity index (χ3n) is 4.97. The van der Waals surface area contributed by atoms with Gasteiger partial charge in [0.1, 0.15) is 5.82 Å². The van der Waals surface area contributed by atoms with Crippen LogP contribution in [-0.4, -0.2) is 26.7 Å². The van der Waals surface area contributed by atoms with Crippen LogP contribution in [0.15, 0.2) is 73.3 Å². The molecule has 2 unspecified atom stereocenters. The number of halogens is 2. The minimum absolute atomic E-state index is 0.173. The molecule has 0 saturated heterocycles. The van der Waals surface area contributed by atoms with Crippen LogP contribution in [0.2, 0.25) is 5.02 Å². The average molecular weight is 444 g/mol. The van der Waals surface area contributed by atoms with Crippen LogP contribution in [0.25, 0.3) is 5.57 Å². The predicted octanol–water partition coefficient (Wildman–Crippen LogP) is 4.67. The molecule has 1 heterocycles. The van der Waals surface area contributed by atoms with E-state index in [4.69, 9.17) is 17.5 Å². The number of aromatic nitrogens is 2. The third-order valence-corrected chi connectivity index (χ3v) is 5.21. The van der Waals surface area contributed by atoms with Gasteiger partial charge in [0.05, 0.1) is 12.4 Å². The van der Waals surface area contributed by atoms with Gasteiger partial charge < -0.3 is 9.67 Å². The quantitative estimate of drug-likeness (QED) is 0.444. The number of hydrogen-bond acceptors (Lipinski definition) is 4. The van der Waals surface area contributed by atoms with Crippen LogP contribution >= 0.6 is 11.6 Å². The molecular formula is C23H23ClFN3O3. The van der Waals surface area contributed by atoms with E-state index < -0.39 is 12.1 Å². The molecule has 0 amide bonds. The number of imidazole rings is 1. The second-order valence-electron chi connectivity index (χ2n) is 7.07. The van der Waals surface area contributed by atoms with Crippen LogP contribution in [0.5, 0.6) is 0 Å². The fraction of sp³-hybridized carbons (Fsp3) is 0.217. The van der Waals surface area contributed by atoms with E-state index in [-0.39, 0.29) is 18.3 Å². The minimum atomic E-state index is -1.12. The number of nitrogens with zero attached hydrogens (tertiary/aromatic N) is 2. The van der Waals surface area contributed by atoms with Crippen molar-refractivity contribution < 1.29 is 19.1 Å². The Balaban J connectivity index is 1.99. The van der Waals surface area contributed by atoms with Gasteiger partial charge in [0.25, 0.3) is 0 Å². The largest absolute Gasteiger partial charge is 0.479 e. The molecule has 0 fully saturated rings. The number of carbonyl (C=O) groups is 1. The zero-order valence-corrected chi connectivity index (χ0v) is 17.5. The molecule has 0 aliphatic heterocycles. The minimum Gasteiger partial charge on any atom is -0.479 e. The van der Waals surface area contributed by atoms with Crippen LogP contribution in [0.4, 0.5) is 4.39 Å². The molecule has 3 rings (SSSR count). The second-order valence-corrected chi connectivity index (χ2v) is 7.50. The van der Waals surface area contributed by atoms with E-state index in [1.54, 1.807) is 24.7 Å². The van der Waals surface area contributed by atoms with Crippen LogP contribution in [0, 0.1) is 5.82 Å². The van der Waals surface area contributed by atoms with Gasteiger partial charge in [-0.3, -0.25) is 4.84 Å². The van der Waals surface area contributed by atoms with E-state index in [1.807, 2.05) is 41.1 Å². The van der Waals surface area contributed by atoms with Crippen molar-refractivity contribution in [1.29, 1.82) is 0 Å². The Kier molecular flexibility index (Phi) is 7.94. The molecular weight excluding hydrogens is 421 g/mol. The summed E-state index contributed by atoms with van der Waals surface area (Å²) in [5, 5.41) is 9.81. The molecule has 0 saturated carbocycles. The number of nitrogens with two attached hydrogens (primary N) is 1. The topological polar surface area (TPSA) is 90.4 Å². The van der Waals surface area contributed by atoms with Crippen molar-refractivity contribution in [2.45, 2.75) is 31.4 Å². The summed E-state index contributed by atoms with van der Waals surface area (Å²) in [5.41, 5.74) is 2.75. The Labute approximate surface area is 184 Å². The Morgan fingerprint density at radius 3 is 2.68 bits per heavy atom. The van der Waals surface area contributed by atoms with Crippen molar-refractivity contribution in [2.75, 3.05) is 0 Å². The SMILES string of the molecule is NOC(CC/C=C(\c1ccc(F)cc1)C(Cc1cccc(Cl)c1)n1ccnc1)C(=O)O. The summed E-state index contributed by atoms with van der Waals surface area (Å²) in [7, 11) is 0. The van der Waals surface area contributed by atoms with E-state index in [0.29, 0.717) is 17.9 Å². The monoisotopic (exact) mass is 443 g/mol. The lowest BCUT2D eigenvalue weighted by Crippen LogP contribution is -2.26. The first-order valence-electron chi connectivity index (χ1n) is 9.74. The maximum absolute atomic E-state index is 13.6. The summed E-state index contributed by atoms with van der Waals surface area (Å²) in [6, 6.07) is 13.6. The number of hydrogen-bond donors (Lipinski definition) is 2. The van der Waals surface area contributed by atoms with Crippen LogP contribution in [0.3, 0.4) is 0 Å². The molecule has 162 valence electrons. The number of carboxylic acid groups (broad SMARTS) is 1. The van der Waals surface area contributed by atoms with Crippen LogP contribution < -0.4 is 5.90 Å². The molecule has 2 atom stereocenters. The second kappa shape index (κ2) is 10.9. The molecule has 0 aliphatic carbocycles. The summed E-state index contributed by atoms with van der Waals surface area (Å²) in [6.07, 6.45) is 7.31. The Bertz CT molecular complexity index is 1020. The lowest BCUT2D eigenvalue weighted by molar-refractivity contribution is -0.151. The molecule has 0 bridgehead atoms. The van der Waals surface area contributed by atoms with E-state index in [1.165, 1.54) is 12.1 Å². The summed E-state index contributed by atoms with van der Waals surface area (Å²) in [5.74, 6) is 3.65. The first kappa shape index (κ1) is 22.7. The first-order valence-corrected chi connectivity index (χ1v) is 10.1. The van der Waals surface area contributed by atoms with E-state index >= 15 is 0 Å². The average Bonchev–Trinajstić information content (AvgIpc) is 3.28. The Hall–Kier alpha value is -3.00. The molecule has 6 nitrogen and oxygen atoms in total. The molecule has 8 heteroatoms. The molecule has 0 radical (unpaired) electrons. The highest BCUT2D eigenvalue weighted by Gasteiger charge is 2.21. The molecule has 3 N–H and O–H groups in total. The highest BCUT2D eigenvalue weighted by molar-refractivity contribution is 6.30. The smallest absolute Gasteiger partial charge is 0.334 e. The molecule has 3 aromatic rings. The Morgan fingerprint density at radius 2 is 2.06 bits per heavy atom. The number of carboxylic acids is 1. The molecule has 1 aromatic heterocycles. The van der Waals surface area contributed by atoms with E-state index in [2.05, 4.69) is 9.82 Å². The van der Waals surface area contributed by atoms with Crippen LogP contribution in [0.1, 0.15) is 30.0 Å². The number of rotatable bonds is 10. The van der Waals surface area contributed by atoms with Gasteiger partial charge in [-0.15, -0.1) is 0 Å². The molecule has 2 aromatic carbocycles. The van der Waals surface area contributed by atoms with Crippen LogP contribution in [-0.2, 0) is 16.1 Å². The maximum Gasteiger partial charge on any atom is 0.334 e. The maximum atomic E-state index is 13.6. The molecule has 0 spiro atoms. The normalized spacial score (nSPS) is 13.7. The molecule has 31 heavy (non-hydrogen) atoms. The predicted molar refractivity (Wildman–Crippen MR) is 117 cm³/mol. The van der Waals surface area contributed by atoms with Gasteiger partial charge in [-0.05, 0) is 60.2 Å². The van der Waals surface area contributed by atoms with Crippen molar-refractivity contribution in [3.8, 4) is 0 Å². The first-order chi connectivity index (χ1) is 15.0. The van der Waals surface area contributed by atoms with Gasteiger partial charge >= 0.3 is 5.97 Å². The van der Waals surface area contributed by atoms with Crippen molar-refractivity contribution in [1.82, 2.24) is 9.55 Å². The summed E-state index contributed by atoms with van der Waals surface area (Å²) < 4.78 is 15.5. The fourth-order valence-electron chi connectivity index (χ4n) is 3.45. The van der Waals surface area contributed by atoms with Gasteiger partial charge in [0, 0.05) is 17.4 Å². The van der Waals surface area contributed by atoms with Crippen molar-refractivity contribution in [2.24, 2.45) is 5.90 Å². The lowest BCUT2D eigenvalue weighted by atomic mass is 9.91. The van der Waals surface area contributed by atoms with Gasteiger partial charge in [-0.25, -0.2) is 20.1 Å². The highest BCUT2D eigenvalue weighted by Crippen LogP contribution is 2.32. The number of benzene rings is 2. The Morgan fingerprint density at radius 1 is 1.29 bits per heavy atom. The summed E-state index contributed by atoms with van der Waals surface area (Å²) in [4.78, 5) is 19.9. The van der Waals surface area contributed by atoms with E-state index in [9.17, 15) is 14.3 Å². The summed E-state index contributed by atoms with van der Waals surface area (Å²) >= 11 is 6.17. The standard InChI is InChI=1S/C23H23ClFN3O3/c24-18-4-1-3-16(13-18)14-21(28-12-11-27-15-28)20(17-7-9-19(25)10-8-17)5-2-6-22(31-26)23(29)30/h1,3-5,7-13,15,21-22H,2,6,14,26H2,(H,29,30)/b20-5+. The van der Waals surface area contributed by atoms with Crippen molar-refractivity contribution in [3.05, 3.63) is 95.3 Å². The van der Waals surface area contributed by atoms with Gasteiger partial charge in [-0.2, -0.15) is 0 Å².